The Morgan fingerprint density at radius 1 is 1.53 bits per heavy atom. The fourth-order valence-corrected chi connectivity index (χ4v) is 1.57. The summed E-state index contributed by atoms with van der Waals surface area (Å²) in [5.74, 6) is -0.289. The Balaban J connectivity index is 2.74. The lowest BCUT2D eigenvalue weighted by molar-refractivity contribution is -0.137. The molecule has 0 amide bonds. The minimum atomic E-state index is -0.840. The highest BCUT2D eigenvalue weighted by molar-refractivity contribution is 7.80. The van der Waals surface area contributed by atoms with Crippen molar-refractivity contribution in [3.05, 3.63) is 29.8 Å². The lowest BCUT2D eigenvalue weighted by Gasteiger charge is -2.16. The number of carboxylic acid groups (broad SMARTS) is 1. The van der Waals surface area contributed by atoms with Crippen molar-refractivity contribution in [1.82, 2.24) is 0 Å². The van der Waals surface area contributed by atoms with Crippen LogP contribution in [0.4, 0.5) is 5.69 Å². The molecular weight excluding hydrogens is 210 g/mol. The summed E-state index contributed by atoms with van der Waals surface area (Å²) in [4.78, 5) is 10.9. The lowest BCUT2D eigenvalue weighted by atomic mass is 10.1. The Bertz CT molecular complexity index is 341. The van der Waals surface area contributed by atoms with Crippen molar-refractivity contribution in [2.45, 2.75) is 19.4 Å². The Morgan fingerprint density at radius 2 is 2.20 bits per heavy atom. The molecule has 0 aromatic heterocycles. The number of rotatable bonds is 5. The minimum absolute atomic E-state index is 0.507. The second kappa shape index (κ2) is 5.66. The molecule has 1 aromatic carbocycles. The minimum Gasteiger partial charge on any atom is -0.480 e. The van der Waals surface area contributed by atoms with Crippen LogP contribution in [0.15, 0.2) is 24.3 Å². The maximum Gasteiger partial charge on any atom is 0.326 e. The van der Waals surface area contributed by atoms with Gasteiger partial charge in [0.15, 0.2) is 0 Å². The first-order valence-corrected chi connectivity index (χ1v) is 5.44. The van der Waals surface area contributed by atoms with Crippen LogP contribution in [0, 0.1) is 6.92 Å². The number of anilines is 1. The topological polar surface area (TPSA) is 49.3 Å². The first kappa shape index (κ1) is 11.9. The average Bonchev–Trinajstić information content (AvgIpc) is 2.20. The number of hydrogen-bond acceptors (Lipinski definition) is 3. The third kappa shape index (κ3) is 3.47. The van der Waals surface area contributed by atoms with Gasteiger partial charge in [0.05, 0.1) is 0 Å². The van der Waals surface area contributed by atoms with Crippen LogP contribution in [0.5, 0.6) is 0 Å². The summed E-state index contributed by atoms with van der Waals surface area (Å²) < 4.78 is 0. The molecule has 0 spiro atoms. The summed E-state index contributed by atoms with van der Waals surface area (Å²) in [5, 5.41) is 12.0. The van der Waals surface area contributed by atoms with Gasteiger partial charge in [0, 0.05) is 5.69 Å². The Kier molecular flexibility index (Phi) is 4.49. The van der Waals surface area contributed by atoms with E-state index >= 15 is 0 Å². The van der Waals surface area contributed by atoms with Gasteiger partial charge in [-0.1, -0.05) is 18.2 Å². The van der Waals surface area contributed by atoms with E-state index in [0.717, 1.165) is 11.3 Å². The second-order valence-electron chi connectivity index (χ2n) is 3.36. The van der Waals surface area contributed by atoms with E-state index in [-0.39, 0.29) is 0 Å². The van der Waals surface area contributed by atoms with Gasteiger partial charge in [0.1, 0.15) is 6.04 Å². The van der Waals surface area contributed by atoms with E-state index in [9.17, 15) is 4.79 Å². The Labute approximate surface area is 94.9 Å². The summed E-state index contributed by atoms with van der Waals surface area (Å²) in [5.41, 5.74) is 1.91. The first-order chi connectivity index (χ1) is 7.15. The summed E-state index contributed by atoms with van der Waals surface area (Å²) >= 11 is 4.04. The maximum absolute atomic E-state index is 10.9. The monoisotopic (exact) mass is 225 g/mol. The third-order valence-corrected chi connectivity index (χ3v) is 2.45. The number of carbonyl (C=O) groups is 1. The van der Waals surface area contributed by atoms with Crippen LogP contribution in [0.1, 0.15) is 12.0 Å². The van der Waals surface area contributed by atoms with Gasteiger partial charge in [-0.2, -0.15) is 12.6 Å². The summed E-state index contributed by atoms with van der Waals surface area (Å²) in [7, 11) is 0. The van der Waals surface area contributed by atoms with Gasteiger partial charge < -0.3 is 10.4 Å². The lowest BCUT2D eigenvalue weighted by Crippen LogP contribution is -2.29. The van der Waals surface area contributed by atoms with Gasteiger partial charge in [0.25, 0.3) is 0 Å². The van der Waals surface area contributed by atoms with Crippen LogP contribution in [0.2, 0.25) is 0 Å². The quantitative estimate of drug-likeness (QED) is 0.673. The third-order valence-electron chi connectivity index (χ3n) is 2.19. The zero-order valence-corrected chi connectivity index (χ0v) is 9.50. The van der Waals surface area contributed by atoms with Crippen molar-refractivity contribution in [2.75, 3.05) is 11.1 Å². The molecule has 2 N–H and O–H groups in total. The molecule has 0 aliphatic heterocycles. The normalized spacial score (nSPS) is 12.1. The number of hydrogen-bond donors (Lipinski definition) is 3. The standard InChI is InChI=1S/C11H15NO2S/c1-8-4-2-3-5-9(8)12-10(6-7-15)11(13)14/h2-5,10,12,15H,6-7H2,1H3,(H,13,14)/t10-/m0/s1. The molecule has 0 heterocycles. The predicted octanol–water partition coefficient (Wildman–Crippen LogP) is 2.18. The number of para-hydroxylation sites is 1. The zero-order chi connectivity index (χ0) is 11.3. The molecule has 1 aromatic rings. The molecule has 0 bridgehead atoms. The molecule has 0 aliphatic rings. The van der Waals surface area contributed by atoms with Crippen molar-refractivity contribution in [1.29, 1.82) is 0 Å². The van der Waals surface area contributed by atoms with Crippen LogP contribution in [0.25, 0.3) is 0 Å². The fraction of sp³-hybridized carbons (Fsp3) is 0.364. The predicted molar refractivity (Wildman–Crippen MR) is 64.7 cm³/mol. The van der Waals surface area contributed by atoms with Crippen molar-refractivity contribution in [3.63, 3.8) is 0 Å². The highest BCUT2D eigenvalue weighted by atomic mass is 32.1. The fourth-order valence-electron chi connectivity index (χ4n) is 1.31. The Morgan fingerprint density at radius 3 is 2.73 bits per heavy atom. The van der Waals surface area contributed by atoms with Crippen LogP contribution >= 0.6 is 12.6 Å². The summed E-state index contributed by atoms with van der Waals surface area (Å²) in [6.45, 7) is 1.95. The van der Waals surface area contributed by atoms with Gasteiger partial charge >= 0.3 is 5.97 Å². The zero-order valence-electron chi connectivity index (χ0n) is 8.60. The van der Waals surface area contributed by atoms with E-state index in [1.54, 1.807) is 0 Å². The largest absolute Gasteiger partial charge is 0.480 e. The second-order valence-corrected chi connectivity index (χ2v) is 3.81. The number of thiol groups is 1. The molecule has 0 saturated heterocycles. The first-order valence-electron chi connectivity index (χ1n) is 4.81. The number of aliphatic carboxylic acids is 1. The molecular formula is C11H15NO2S. The smallest absolute Gasteiger partial charge is 0.326 e. The molecule has 1 rings (SSSR count). The molecule has 4 heteroatoms. The summed E-state index contributed by atoms with van der Waals surface area (Å²) in [6, 6.07) is 7.07. The number of benzene rings is 1. The van der Waals surface area contributed by atoms with Crippen LogP contribution in [0.3, 0.4) is 0 Å². The SMILES string of the molecule is Cc1ccccc1N[C@@H](CCS)C(=O)O. The molecule has 0 fully saturated rings. The molecule has 1 atom stereocenters. The number of carboxylic acids is 1. The average molecular weight is 225 g/mol. The number of nitrogens with one attached hydrogen (secondary N) is 1. The van der Waals surface area contributed by atoms with Crippen molar-refractivity contribution < 1.29 is 9.90 Å². The molecule has 0 unspecified atom stereocenters. The van der Waals surface area contributed by atoms with Gasteiger partial charge in [0.2, 0.25) is 0 Å². The van der Waals surface area contributed by atoms with Gasteiger partial charge in [-0.15, -0.1) is 0 Å². The molecule has 15 heavy (non-hydrogen) atoms. The van der Waals surface area contributed by atoms with Gasteiger partial charge in [-0.3, -0.25) is 0 Å². The van der Waals surface area contributed by atoms with E-state index in [1.165, 1.54) is 0 Å². The van der Waals surface area contributed by atoms with Crippen molar-refractivity contribution in [2.24, 2.45) is 0 Å². The van der Waals surface area contributed by atoms with Crippen LogP contribution in [-0.4, -0.2) is 22.9 Å². The van der Waals surface area contributed by atoms with E-state index in [1.807, 2.05) is 31.2 Å². The van der Waals surface area contributed by atoms with E-state index in [4.69, 9.17) is 5.11 Å². The van der Waals surface area contributed by atoms with Crippen molar-refractivity contribution >= 4 is 24.3 Å². The highest BCUT2D eigenvalue weighted by Gasteiger charge is 2.16. The van der Waals surface area contributed by atoms with E-state index < -0.39 is 12.0 Å². The van der Waals surface area contributed by atoms with Gasteiger partial charge in [-0.25, -0.2) is 4.79 Å². The number of aryl methyl sites for hydroxylation is 1. The van der Waals surface area contributed by atoms with Crippen LogP contribution in [-0.2, 0) is 4.79 Å². The van der Waals surface area contributed by atoms with Crippen LogP contribution < -0.4 is 5.32 Å². The van der Waals surface area contributed by atoms with Gasteiger partial charge in [-0.05, 0) is 30.7 Å². The van der Waals surface area contributed by atoms with E-state index in [2.05, 4.69) is 17.9 Å². The van der Waals surface area contributed by atoms with E-state index in [0.29, 0.717) is 12.2 Å². The molecule has 0 aliphatic carbocycles. The molecule has 82 valence electrons. The maximum atomic E-state index is 10.9. The van der Waals surface area contributed by atoms with Crippen molar-refractivity contribution in [3.8, 4) is 0 Å². The molecule has 0 radical (unpaired) electrons. The Hall–Kier alpha value is -1.16. The molecule has 3 nitrogen and oxygen atoms in total. The summed E-state index contributed by atoms with van der Waals surface area (Å²) in [6.07, 6.45) is 0.507. The highest BCUT2D eigenvalue weighted by Crippen LogP contribution is 2.15. The molecule has 0 saturated carbocycles.